The van der Waals surface area contributed by atoms with E-state index in [0.717, 1.165) is 15.4 Å². The summed E-state index contributed by atoms with van der Waals surface area (Å²) >= 11 is 2.09. The second-order valence-electron chi connectivity index (χ2n) is 3.11. The highest BCUT2D eigenvalue weighted by Crippen LogP contribution is 2.15. The summed E-state index contributed by atoms with van der Waals surface area (Å²) in [5, 5.41) is 8.70. The zero-order chi connectivity index (χ0) is 11.4. The van der Waals surface area contributed by atoms with Gasteiger partial charge in [-0.1, -0.05) is 12.1 Å². The third-order valence-electron chi connectivity index (χ3n) is 1.95. The van der Waals surface area contributed by atoms with Gasteiger partial charge in [0, 0.05) is 22.7 Å². The first-order valence-corrected chi connectivity index (χ1v) is 5.30. The second kappa shape index (κ2) is 5.11. The van der Waals surface area contributed by atoms with Gasteiger partial charge in [0.1, 0.15) is 6.29 Å². The molecule has 5 heteroatoms. The lowest BCUT2D eigenvalue weighted by Gasteiger charge is -2.14. The van der Waals surface area contributed by atoms with Crippen LogP contribution in [0, 0.1) is 3.57 Å². The topological polar surface area (TPSA) is 57.6 Å². The summed E-state index contributed by atoms with van der Waals surface area (Å²) in [6.45, 7) is 0.326. The maximum absolute atomic E-state index is 10.6. The quantitative estimate of drug-likeness (QED) is 0.686. The van der Waals surface area contributed by atoms with Crippen molar-refractivity contribution in [1.29, 1.82) is 0 Å². The van der Waals surface area contributed by atoms with Crippen molar-refractivity contribution in [2.24, 2.45) is 0 Å². The molecule has 0 heterocycles. The minimum atomic E-state index is -0.967. The number of halogens is 1. The molecule has 0 aromatic heterocycles. The molecule has 0 fully saturated rings. The van der Waals surface area contributed by atoms with Crippen molar-refractivity contribution in [3.05, 3.63) is 32.9 Å². The fourth-order valence-electron chi connectivity index (χ4n) is 1.09. The first-order valence-electron chi connectivity index (χ1n) is 4.22. The highest BCUT2D eigenvalue weighted by atomic mass is 127. The second-order valence-corrected chi connectivity index (χ2v) is 4.27. The van der Waals surface area contributed by atoms with E-state index in [1.165, 1.54) is 11.9 Å². The summed E-state index contributed by atoms with van der Waals surface area (Å²) in [5.74, 6) is 0. The smallest absolute Gasteiger partial charge is 0.407 e. The van der Waals surface area contributed by atoms with Crippen molar-refractivity contribution < 1.29 is 14.7 Å². The predicted octanol–water partition coefficient (Wildman–Crippen LogP) is 2.21. The summed E-state index contributed by atoms with van der Waals surface area (Å²) in [5.41, 5.74) is 1.49. The van der Waals surface area contributed by atoms with E-state index in [-0.39, 0.29) is 0 Å². The predicted molar refractivity (Wildman–Crippen MR) is 64.0 cm³/mol. The van der Waals surface area contributed by atoms with Crippen LogP contribution in [-0.4, -0.2) is 29.4 Å². The van der Waals surface area contributed by atoms with E-state index in [2.05, 4.69) is 22.6 Å². The van der Waals surface area contributed by atoms with Gasteiger partial charge < -0.3 is 10.0 Å². The van der Waals surface area contributed by atoms with Gasteiger partial charge in [-0.15, -0.1) is 0 Å². The first-order chi connectivity index (χ1) is 7.04. The molecule has 0 unspecified atom stereocenters. The Labute approximate surface area is 101 Å². The SMILES string of the molecule is CN(Cc1ccc(C=O)cc1I)C(=O)O. The molecule has 0 atom stereocenters. The molecular weight excluding hydrogens is 309 g/mol. The van der Waals surface area contributed by atoms with Gasteiger partial charge >= 0.3 is 6.09 Å². The van der Waals surface area contributed by atoms with Crippen LogP contribution in [0.4, 0.5) is 4.79 Å². The molecule has 1 aromatic rings. The van der Waals surface area contributed by atoms with Gasteiger partial charge in [-0.3, -0.25) is 4.79 Å². The number of amides is 1. The summed E-state index contributed by atoms with van der Waals surface area (Å²) in [6.07, 6.45) is -0.197. The molecule has 1 aromatic carbocycles. The third kappa shape index (κ3) is 3.19. The molecule has 15 heavy (non-hydrogen) atoms. The lowest BCUT2D eigenvalue weighted by molar-refractivity contribution is 0.112. The number of aldehydes is 1. The molecule has 0 saturated carbocycles. The van der Waals surface area contributed by atoms with Crippen LogP contribution in [0.3, 0.4) is 0 Å². The minimum Gasteiger partial charge on any atom is -0.465 e. The van der Waals surface area contributed by atoms with Crippen LogP contribution < -0.4 is 0 Å². The standard InChI is InChI=1S/C10H10INO3/c1-12(10(14)15)5-8-3-2-7(6-13)4-9(8)11/h2-4,6H,5H2,1H3,(H,14,15). The molecule has 0 aliphatic heterocycles. The molecular formula is C10H10INO3. The molecule has 0 spiro atoms. The fraction of sp³-hybridized carbons (Fsp3) is 0.200. The fourth-order valence-corrected chi connectivity index (χ4v) is 1.80. The van der Waals surface area contributed by atoms with Crippen LogP contribution in [0.25, 0.3) is 0 Å². The van der Waals surface area contributed by atoms with Gasteiger partial charge in [-0.2, -0.15) is 0 Å². The van der Waals surface area contributed by atoms with E-state index in [1.807, 2.05) is 0 Å². The monoisotopic (exact) mass is 319 g/mol. The highest BCUT2D eigenvalue weighted by Gasteiger charge is 2.08. The number of nitrogens with zero attached hydrogens (tertiary/aromatic N) is 1. The molecule has 1 amide bonds. The van der Waals surface area contributed by atoms with Crippen LogP contribution in [-0.2, 0) is 6.54 Å². The molecule has 1 rings (SSSR count). The number of rotatable bonds is 3. The van der Waals surface area contributed by atoms with Gasteiger partial charge in [0.25, 0.3) is 0 Å². The average Bonchev–Trinajstić information content (AvgIpc) is 2.20. The van der Waals surface area contributed by atoms with Gasteiger partial charge in [-0.05, 0) is 34.2 Å². The maximum atomic E-state index is 10.6. The van der Waals surface area contributed by atoms with Crippen molar-refractivity contribution in [2.45, 2.75) is 6.54 Å². The van der Waals surface area contributed by atoms with Crippen molar-refractivity contribution in [2.75, 3.05) is 7.05 Å². The molecule has 1 N–H and O–H groups in total. The average molecular weight is 319 g/mol. The number of hydrogen-bond acceptors (Lipinski definition) is 2. The van der Waals surface area contributed by atoms with E-state index in [9.17, 15) is 9.59 Å². The van der Waals surface area contributed by atoms with Crippen LogP contribution in [0.15, 0.2) is 18.2 Å². The van der Waals surface area contributed by atoms with Crippen molar-refractivity contribution in [3.8, 4) is 0 Å². The van der Waals surface area contributed by atoms with Gasteiger partial charge in [-0.25, -0.2) is 4.79 Å². The van der Waals surface area contributed by atoms with E-state index < -0.39 is 6.09 Å². The molecule has 4 nitrogen and oxygen atoms in total. The van der Waals surface area contributed by atoms with Crippen LogP contribution in [0.2, 0.25) is 0 Å². The number of carbonyl (C=O) groups excluding carboxylic acids is 1. The normalized spacial score (nSPS) is 9.73. The van der Waals surface area contributed by atoms with Crippen LogP contribution in [0.5, 0.6) is 0 Å². The maximum Gasteiger partial charge on any atom is 0.407 e. The Bertz CT molecular complexity index is 392. The van der Waals surface area contributed by atoms with Gasteiger partial charge in [0.15, 0.2) is 0 Å². The van der Waals surface area contributed by atoms with E-state index in [1.54, 1.807) is 18.2 Å². The minimum absolute atomic E-state index is 0.326. The summed E-state index contributed by atoms with van der Waals surface area (Å²) < 4.78 is 0.894. The van der Waals surface area contributed by atoms with E-state index in [0.29, 0.717) is 12.1 Å². The van der Waals surface area contributed by atoms with Crippen LogP contribution >= 0.6 is 22.6 Å². The lowest BCUT2D eigenvalue weighted by Crippen LogP contribution is -2.24. The first kappa shape index (κ1) is 12.0. The summed E-state index contributed by atoms with van der Waals surface area (Å²) in [6, 6.07) is 5.18. The number of hydrogen-bond donors (Lipinski definition) is 1. The number of carboxylic acid groups (broad SMARTS) is 1. The van der Waals surface area contributed by atoms with Gasteiger partial charge in [0.2, 0.25) is 0 Å². The highest BCUT2D eigenvalue weighted by molar-refractivity contribution is 14.1. The molecule has 0 saturated heterocycles. The summed E-state index contributed by atoms with van der Waals surface area (Å²) in [4.78, 5) is 22.3. The lowest BCUT2D eigenvalue weighted by atomic mass is 10.1. The molecule has 0 aliphatic rings. The zero-order valence-corrected chi connectivity index (χ0v) is 10.3. The Morgan fingerprint density at radius 2 is 2.27 bits per heavy atom. The molecule has 0 aliphatic carbocycles. The number of benzene rings is 1. The number of carbonyl (C=O) groups is 2. The Balaban J connectivity index is 2.87. The van der Waals surface area contributed by atoms with Crippen molar-refractivity contribution in [1.82, 2.24) is 4.90 Å². The van der Waals surface area contributed by atoms with Crippen molar-refractivity contribution >= 4 is 35.0 Å². The Hall–Kier alpha value is -1.11. The molecule has 80 valence electrons. The summed E-state index contributed by atoms with van der Waals surface area (Å²) in [7, 11) is 1.51. The Morgan fingerprint density at radius 1 is 1.60 bits per heavy atom. The Kier molecular flexibility index (Phi) is 4.07. The van der Waals surface area contributed by atoms with E-state index >= 15 is 0 Å². The molecule has 0 bridgehead atoms. The molecule has 0 radical (unpaired) electrons. The Morgan fingerprint density at radius 3 is 2.73 bits per heavy atom. The third-order valence-corrected chi connectivity index (χ3v) is 2.95. The van der Waals surface area contributed by atoms with Crippen LogP contribution in [0.1, 0.15) is 15.9 Å². The van der Waals surface area contributed by atoms with E-state index in [4.69, 9.17) is 5.11 Å². The largest absolute Gasteiger partial charge is 0.465 e. The van der Waals surface area contributed by atoms with Crippen molar-refractivity contribution in [3.63, 3.8) is 0 Å². The zero-order valence-electron chi connectivity index (χ0n) is 8.11. The van der Waals surface area contributed by atoms with Gasteiger partial charge in [0.05, 0.1) is 0 Å².